The monoisotopic (exact) mass is 662 g/mol. The van der Waals surface area contributed by atoms with Crippen LogP contribution in [0.25, 0.3) is 0 Å². The van der Waals surface area contributed by atoms with Gasteiger partial charge in [0, 0.05) is 48.7 Å². The number of β-amino-alcohol motifs (C(OH)–C–C–N with tert-alkyl or cyclic N) is 1. The molecule has 3 fully saturated rings. The molecule has 0 bridgehead atoms. The van der Waals surface area contributed by atoms with E-state index in [1.54, 1.807) is 36.2 Å². The minimum atomic E-state index is -3.23. The molecule has 0 radical (unpaired) electrons. The molecule has 3 aliphatic rings. The van der Waals surface area contributed by atoms with E-state index < -0.39 is 15.6 Å². The summed E-state index contributed by atoms with van der Waals surface area (Å²) in [6, 6.07) is 5.02. The Balaban J connectivity index is 1.17. The Morgan fingerprint density at radius 2 is 1.84 bits per heavy atom. The lowest BCUT2D eigenvalue weighted by Crippen LogP contribution is -2.61. The van der Waals surface area contributed by atoms with Crippen LogP contribution in [0, 0.1) is 5.41 Å². The van der Waals surface area contributed by atoms with E-state index in [4.69, 9.17) is 16.3 Å². The number of hydrogen-bond acceptors (Lipinski definition) is 9. The Labute approximate surface area is 272 Å². The lowest BCUT2D eigenvalue weighted by atomic mass is 9.71. The fourth-order valence-electron chi connectivity index (χ4n) is 6.99. The number of hydrogen-bond donors (Lipinski definition) is 2. The zero-order chi connectivity index (χ0) is 32.4. The third kappa shape index (κ3) is 7.90. The molecule has 2 saturated heterocycles. The van der Waals surface area contributed by atoms with Crippen LogP contribution in [0.1, 0.15) is 76.6 Å². The molecule has 1 aromatic carbocycles. The molecular weight excluding hydrogens is 616 g/mol. The fourth-order valence-corrected chi connectivity index (χ4v) is 8.08. The Kier molecular flexibility index (Phi) is 10.3. The van der Waals surface area contributed by atoms with Crippen molar-refractivity contribution < 1.29 is 23.1 Å². The second-order valence-electron chi connectivity index (χ2n) is 13.3. The van der Waals surface area contributed by atoms with Gasteiger partial charge in [-0.15, -0.1) is 0 Å². The van der Waals surface area contributed by atoms with E-state index in [1.165, 1.54) is 6.33 Å². The number of halogens is 1. The number of aliphatic hydroxyl groups is 1. The van der Waals surface area contributed by atoms with Crippen molar-refractivity contribution in [1.29, 1.82) is 0 Å². The summed E-state index contributed by atoms with van der Waals surface area (Å²) < 4.78 is 33.0. The molecule has 1 saturated carbocycles. The molecule has 5 rings (SSSR count). The van der Waals surface area contributed by atoms with Crippen LogP contribution < -0.4 is 14.4 Å². The second kappa shape index (κ2) is 13.7. The van der Waals surface area contributed by atoms with Gasteiger partial charge in [-0.25, -0.2) is 23.1 Å². The molecule has 1 spiro atoms. The molecule has 1 aliphatic carbocycles. The SMILES string of the molecule is CCN(C(=O)c1cc(Cl)ccc1Oc1cncnc1N1CC2(CCN(CC3(O)CCC(NS(=O)(=O)CC)CC3)CC2)C1)C(C)C. The number of amides is 1. The Morgan fingerprint density at radius 3 is 2.47 bits per heavy atom. The van der Waals surface area contributed by atoms with Gasteiger partial charge in [0.2, 0.25) is 10.0 Å². The molecular formula is C32H47ClN6O5S. The van der Waals surface area contributed by atoms with Gasteiger partial charge in [0.1, 0.15) is 12.1 Å². The highest BCUT2D eigenvalue weighted by molar-refractivity contribution is 7.89. The van der Waals surface area contributed by atoms with Crippen molar-refractivity contribution in [3.8, 4) is 11.5 Å². The van der Waals surface area contributed by atoms with Crippen LogP contribution in [0.15, 0.2) is 30.7 Å². The number of likely N-dealkylation sites (tertiary alicyclic amines) is 1. The summed E-state index contributed by atoms with van der Waals surface area (Å²) in [5.41, 5.74) is -0.196. The van der Waals surface area contributed by atoms with Gasteiger partial charge < -0.3 is 24.5 Å². The van der Waals surface area contributed by atoms with E-state index in [0.29, 0.717) is 66.7 Å². The Bertz CT molecular complexity index is 1450. The summed E-state index contributed by atoms with van der Waals surface area (Å²) in [6.45, 7) is 12.3. The largest absolute Gasteiger partial charge is 0.451 e. The average molecular weight is 663 g/mol. The number of nitrogens with zero attached hydrogens (tertiary/aromatic N) is 5. The number of nitrogens with one attached hydrogen (secondary N) is 1. The summed E-state index contributed by atoms with van der Waals surface area (Å²) >= 11 is 6.29. The molecule has 2 N–H and O–H groups in total. The molecule has 2 aliphatic heterocycles. The first-order valence-electron chi connectivity index (χ1n) is 16.1. The number of piperidine rings is 1. The van der Waals surface area contributed by atoms with Gasteiger partial charge >= 0.3 is 0 Å². The van der Waals surface area contributed by atoms with Crippen molar-refractivity contribution in [3.05, 3.63) is 41.3 Å². The van der Waals surface area contributed by atoms with E-state index >= 15 is 0 Å². The highest BCUT2D eigenvalue weighted by Crippen LogP contribution is 2.45. The maximum atomic E-state index is 13.4. The molecule has 13 heteroatoms. The van der Waals surface area contributed by atoms with Crippen molar-refractivity contribution in [2.24, 2.45) is 5.41 Å². The molecule has 1 aromatic heterocycles. The number of aromatic nitrogens is 2. The zero-order valence-corrected chi connectivity index (χ0v) is 28.4. The highest BCUT2D eigenvalue weighted by Gasteiger charge is 2.47. The highest BCUT2D eigenvalue weighted by atomic mass is 35.5. The Morgan fingerprint density at radius 1 is 1.16 bits per heavy atom. The fraction of sp³-hybridized carbons (Fsp3) is 0.656. The number of sulfonamides is 1. The van der Waals surface area contributed by atoms with Gasteiger partial charge in [-0.2, -0.15) is 0 Å². The smallest absolute Gasteiger partial charge is 0.257 e. The van der Waals surface area contributed by atoms with Crippen LogP contribution in [-0.4, -0.2) is 102 Å². The molecule has 248 valence electrons. The van der Waals surface area contributed by atoms with E-state index in [9.17, 15) is 18.3 Å². The third-order valence-corrected chi connectivity index (χ3v) is 11.4. The van der Waals surface area contributed by atoms with Crippen LogP contribution >= 0.6 is 11.6 Å². The number of carbonyl (C=O) groups excluding carboxylic acids is 1. The topological polar surface area (TPSA) is 128 Å². The summed E-state index contributed by atoms with van der Waals surface area (Å²) in [5, 5.41) is 11.8. The van der Waals surface area contributed by atoms with E-state index in [-0.39, 0.29) is 29.2 Å². The van der Waals surface area contributed by atoms with Crippen LogP contribution in [0.3, 0.4) is 0 Å². The van der Waals surface area contributed by atoms with Crippen LogP contribution in [0.2, 0.25) is 5.02 Å². The zero-order valence-electron chi connectivity index (χ0n) is 26.8. The maximum absolute atomic E-state index is 13.4. The number of benzene rings is 1. The minimum Gasteiger partial charge on any atom is -0.451 e. The van der Waals surface area contributed by atoms with Crippen LogP contribution in [-0.2, 0) is 10.0 Å². The number of anilines is 1. The third-order valence-electron chi connectivity index (χ3n) is 9.70. The molecule has 0 atom stereocenters. The van der Waals surface area contributed by atoms with Crippen LogP contribution in [0.4, 0.5) is 5.82 Å². The van der Waals surface area contributed by atoms with Gasteiger partial charge in [-0.1, -0.05) is 11.6 Å². The quantitative estimate of drug-likeness (QED) is 0.362. The molecule has 0 unspecified atom stereocenters. The number of carbonyl (C=O) groups is 1. The molecule has 3 heterocycles. The lowest BCUT2D eigenvalue weighted by molar-refractivity contribution is -0.0455. The first-order chi connectivity index (χ1) is 21.3. The van der Waals surface area contributed by atoms with Gasteiger partial charge in [0.25, 0.3) is 5.91 Å². The van der Waals surface area contributed by atoms with E-state index in [0.717, 1.165) is 39.0 Å². The summed E-state index contributed by atoms with van der Waals surface area (Å²) in [7, 11) is -3.23. The van der Waals surface area contributed by atoms with Gasteiger partial charge in [0.15, 0.2) is 11.6 Å². The van der Waals surface area contributed by atoms with Crippen molar-refractivity contribution in [2.45, 2.75) is 83.9 Å². The number of ether oxygens (including phenoxy) is 1. The minimum absolute atomic E-state index is 0.0283. The maximum Gasteiger partial charge on any atom is 0.257 e. The molecule has 45 heavy (non-hydrogen) atoms. The standard InChI is InChI=1S/C32H47ClN6O5S/c1-5-39(23(3)4)30(40)26-17-24(33)7-8-27(26)44-28-18-34-22-35-29(28)38-19-31(20-38)13-15-37(16-14-31)21-32(41)11-9-25(10-12-32)36-45(42,43)6-2/h7-8,17-18,22-23,25,36,41H,5-6,9-16,19-21H2,1-4H3. The molecule has 2 aromatic rings. The van der Waals surface area contributed by atoms with Gasteiger partial charge in [-0.05, 0) is 97.5 Å². The van der Waals surface area contributed by atoms with Crippen LogP contribution in [0.5, 0.6) is 11.5 Å². The molecule has 11 nitrogen and oxygen atoms in total. The first kappa shape index (κ1) is 33.8. The first-order valence-corrected chi connectivity index (χ1v) is 18.2. The van der Waals surface area contributed by atoms with Crippen molar-refractivity contribution in [1.82, 2.24) is 24.5 Å². The average Bonchev–Trinajstić information content (AvgIpc) is 2.99. The van der Waals surface area contributed by atoms with E-state index in [2.05, 4.69) is 24.5 Å². The predicted molar refractivity (Wildman–Crippen MR) is 176 cm³/mol. The second-order valence-corrected chi connectivity index (χ2v) is 15.8. The van der Waals surface area contributed by atoms with Crippen molar-refractivity contribution in [3.63, 3.8) is 0 Å². The summed E-state index contributed by atoms with van der Waals surface area (Å²) in [5.74, 6) is 1.54. The van der Waals surface area contributed by atoms with Crippen molar-refractivity contribution in [2.75, 3.05) is 49.9 Å². The summed E-state index contributed by atoms with van der Waals surface area (Å²) in [4.78, 5) is 28.5. The van der Waals surface area contributed by atoms with E-state index in [1.807, 2.05) is 20.8 Å². The summed E-state index contributed by atoms with van der Waals surface area (Å²) in [6.07, 6.45) is 7.73. The normalized spacial score (nSPS) is 23.6. The van der Waals surface area contributed by atoms with Gasteiger partial charge in [0.05, 0.1) is 23.1 Å². The lowest BCUT2D eigenvalue weighted by Gasteiger charge is -2.55. The van der Waals surface area contributed by atoms with Crippen molar-refractivity contribution >= 4 is 33.3 Å². The predicted octanol–water partition coefficient (Wildman–Crippen LogP) is 4.31. The molecule has 1 amide bonds. The number of rotatable bonds is 11. The Hall–Kier alpha value is -2.51. The van der Waals surface area contributed by atoms with Gasteiger partial charge in [-0.3, -0.25) is 4.79 Å².